The Balaban J connectivity index is 2.64. The largest absolute Gasteiger partial charge is 0.490 e. The Bertz CT molecular complexity index is 372. The lowest BCUT2D eigenvalue weighted by atomic mass is 9.93. The Morgan fingerprint density at radius 3 is 2.38 bits per heavy atom. The van der Waals surface area contributed by atoms with Gasteiger partial charge in [-0.3, -0.25) is 0 Å². The third-order valence-electron chi connectivity index (χ3n) is 2.16. The van der Waals surface area contributed by atoms with Crippen molar-refractivity contribution in [3.63, 3.8) is 0 Å². The number of hydrogen-bond donors (Lipinski definition) is 1. The number of rotatable bonds is 3. The predicted molar refractivity (Wildman–Crippen MR) is 60.3 cm³/mol. The first-order valence-electron chi connectivity index (χ1n) is 5.17. The number of hydrogen-bond acceptors (Lipinski definition) is 2. The number of anilines is 1. The monoisotopic (exact) mass is 229 g/mol. The second-order valence-corrected chi connectivity index (χ2v) is 4.96. The van der Waals surface area contributed by atoms with E-state index in [1.165, 1.54) is 0 Å². The molecule has 0 atom stereocenters. The molecule has 0 radical (unpaired) electrons. The van der Waals surface area contributed by atoms with Crippen LogP contribution in [0.2, 0.25) is 0 Å². The van der Waals surface area contributed by atoms with Crippen molar-refractivity contribution in [2.75, 3.05) is 12.3 Å². The van der Waals surface area contributed by atoms with Gasteiger partial charge in [-0.2, -0.15) is 0 Å². The normalized spacial score (nSPS) is 11.6. The zero-order valence-electron chi connectivity index (χ0n) is 9.81. The van der Waals surface area contributed by atoms with Gasteiger partial charge in [0.25, 0.3) is 0 Å². The maximum atomic E-state index is 13.3. The molecule has 0 aliphatic heterocycles. The minimum atomic E-state index is -0.660. The summed E-state index contributed by atoms with van der Waals surface area (Å²) in [4.78, 5) is 0. The molecule has 2 nitrogen and oxygen atoms in total. The number of nitrogens with two attached hydrogens (primary N) is 1. The van der Waals surface area contributed by atoms with Gasteiger partial charge in [-0.25, -0.2) is 8.78 Å². The molecule has 90 valence electrons. The number of benzene rings is 1. The SMILES string of the molecule is CC(C)(C)CCOc1cc(F)c(N)cc1F. The molecular formula is C12H17F2NO. The van der Waals surface area contributed by atoms with Crippen molar-refractivity contribution in [3.8, 4) is 5.75 Å². The number of ether oxygens (including phenoxy) is 1. The summed E-state index contributed by atoms with van der Waals surface area (Å²) < 4.78 is 31.5. The minimum absolute atomic E-state index is 0.0871. The molecule has 1 aromatic carbocycles. The Hall–Kier alpha value is -1.32. The van der Waals surface area contributed by atoms with Gasteiger partial charge in [0.1, 0.15) is 5.82 Å². The lowest BCUT2D eigenvalue weighted by Gasteiger charge is -2.18. The average molecular weight is 229 g/mol. The van der Waals surface area contributed by atoms with Gasteiger partial charge < -0.3 is 10.5 Å². The number of halogens is 2. The molecule has 4 heteroatoms. The van der Waals surface area contributed by atoms with E-state index in [0.717, 1.165) is 18.6 Å². The zero-order chi connectivity index (χ0) is 12.3. The molecule has 0 aliphatic carbocycles. The molecule has 0 saturated heterocycles. The van der Waals surface area contributed by atoms with Gasteiger partial charge in [-0.1, -0.05) is 20.8 Å². The molecule has 0 spiro atoms. The summed E-state index contributed by atoms with van der Waals surface area (Å²) in [7, 11) is 0. The van der Waals surface area contributed by atoms with Gasteiger partial charge in [0, 0.05) is 12.1 Å². The molecular weight excluding hydrogens is 212 g/mol. The molecule has 0 amide bonds. The summed E-state index contributed by atoms with van der Waals surface area (Å²) >= 11 is 0. The fraction of sp³-hybridized carbons (Fsp3) is 0.500. The van der Waals surface area contributed by atoms with Gasteiger partial charge in [0.2, 0.25) is 0 Å². The van der Waals surface area contributed by atoms with Gasteiger partial charge in [-0.05, 0) is 11.8 Å². The molecule has 0 heterocycles. The van der Waals surface area contributed by atoms with Crippen LogP contribution in [-0.4, -0.2) is 6.61 Å². The lowest BCUT2D eigenvalue weighted by Crippen LogP contribution is -2.11. The van der Waals surface area contributed by atoms with Crippen LogP contribution in [0.5, 0.6) is 5.75 Å². The van der Waals surface area contributed by atoms with Crippen LogP contribution >= 0.6 is 0 Å². The van der Waals surface area contributed by atoms with Crippen molar-refractivity contribution in [2.24, 2.45) is 5.41 Å². The molecule has 0 aliphatic rings. The highest BCUT2D eigenvalue weighted by molar-refractivity contribution is 5.44. The quantitative estimate of drug-likeness (QED) is 0.806. The summed E-state index contributed by atoms with van der Waals surface area (Å²) in [5, 5.41) is 0. The van der Waals surface area contributed by atoms with Crippen LogP contribution in [-0.2, 0) is 0 Å². The fourth-order valence-corrected chi connectivity index (χ4v) is 1.12. The second-order valence-electron chi connectivity index (χ2n) is 4.96. The predicted octanol–water partition coefficient (Wildman–Crippen LogP) is 3.36. The summed E-state index contributed by atoms with van der Waals surface area (Å²) in [5.41, 5.74) is 5.11. The minimum Gasteiger partial charge on any atom is -0.490 e. The molecule has 0 fully saturated rings. The van der Waals surface area contributed by atoms with E-state index in [1.54, 1.807) is 0 Å². The first-order chi connectivity index (χ1) is 7.29. The maximum absolute atomic E-state index is 13.3. The summed E-state index contributed by atoms with van der Waals surface area (Å²) in [6.07, 6.45) is 0.762. The molecule has 1 rings (SSSR count). The first-order valence-corrected chi connectivity index (χ1v) is 5.17. The molecule has 2 N–H and O–H groups in total. The fourth-order valence-electron chi connectivity index (χ4n) is 1.12. The van der Waals surface area contributed by atoms with Crippen LogP contribution in [0.25, 0.3) is 0 Å². The van der Waals surface area contributed by atoms with Gasteiger partial charge in [0.15, 0.2) is 11.6 Å². The summed E-state index contributed by atoms with van der Waals surface area (Å²) in [6.45, 7) is 6.51. The van der Waals surface area contributed by atoms with E-state index in [9.17, 15) is 8.78 Å². The molecule has 0 unspecified atom stereocenters. The van der Waals surface area contributed by atoms with E-state index < -0.39 is 11.6 Å². The van der Waals surface area contributed by atoms with E-state index in [1.807, 2.05) is 0 Å². The standard InChI is InChI=1S/C12H17F2NO/c1-12(2,3)4-5-16-11-7-8(13)10(15)6-9(11)14/h6-7H,4-5,15H2,1-3H3. The second kappa shape index (κ2) is 4.68. The molecule has 0 saturated carbocycles. The van der Waals surface area contributed by atoms with Crippen molar-refractivity contribution in [1.29, 1.82) is 0 Å². The van der Waals surface area contributed by atoms with Crippen molar-refractivity contribution >= 4 is 5.69 Å². The summed E-state index contributed by atoms with van der Waals surface area (Å²) in [6, 6.07) is 1.91. The lowest BCUT2D eigenvalue weighted by molar-refractivity contribution is 0.234. The molecule has 0 aromatic heterocycles. The Kier molecular flexibility index (Phi) is 3.73. The van der Waals surface area contributed by atoms with Gasteiger partial charge in [-0.15, -0.1) is 0 Å². The Morgan fingerprint density at radius 2 is 1.81 bits per heavy atom. The van der Waals surface area contributed by atoms with Crippen LogP contribution in [0.3, 0.4) is 0 Å². The van der Waals surface area contributed by atoms with Crippen molar-refractivity contribution in [3.05, 3.63) is 23.8 Å². The first kappa shape index (κ1) is 12.7. The van der Waals surface area contributed by atoms with Crippen LogP contribution in [0.1, 0.15) is 27.2 Å². The third-order valence-corrected chi connectivity index (χ3v) is 2.16. The van der Waals surface area contributed by atoms with Crippen LogP contribution in [0.15, 0.2) is 12.1 Å². The van der Waals surface area contributed by atoms with E-state index in [2.05, 4.69) is 20.8 Å². The van der Waals surface area contributed by atoms with Crippen molar-refractivity contribution < 1.29 is 13.5 Å². The Morgan fingerprint density at radius 1 is 1.19 bits per heavy atom. The van der Waals surface area contributed by atoms with Crippen molar-refractivity contribution in [1.82, 2.24) is 0 Å². The van der Waals surface area contributed by atoms with E-state index in [4.69, 9.17) is 10.5 Å². The summed E-state index contributed by atoms with van der Waals surface area (Å²) in [5.74, 6) is -1.38. The van der Waals surface area contributed by atoms with Crippen LogP contribution in [0, 0.1) is 17.0 Å². The van der Waals surface area contributed by atoms with Crippen LogP contribution < -0.4 is 10.5 Å². The zero-order valence-corrected chi connectivity index (χ0v) is 9.81. The average Bonchev–Trinajstić information content (AvgIpc) is 2.11. The highest BCUT2D eigenvalue weighted by Gasteiger charge is 2.12. The van der Waals surface area contributed by atoms with Crippen molar-refractivity contribution in [2.45, 2.75) is 27.2 Å². The number of nitrogen functional groups attached to an aromatic ring is 1. The highest BCUT2D eigenvalue weighted by Crippen LogP contribution is 2.24. The Labute approximate surface area is 94.4 Å². The smallest absolute Gasteiger partial charge is 0.167 e. The molecule has 16 heavy (non-hydrogen) atoms. The van der Waals surface area contributed by atoms with Gasteiger partial charge >= 0.3 is 0 Å². The molecule has 1 aromatic rings. The van der Waals surface area contributed by atoms with E-state index in [-0.39, 0.29) is 16.9 Å². The third kappa shape index (κ3) is 3.68. The molecule has 0 bridgehead atoms. The van der Waals surface area contributed by atoms with E-state index >= 15 is 0 Å². The van der Waals surface area contributed by atoms with Gasteiger partial charge in [0.05, 0.1) is 12.3 Å². The topological polar surface area (TPSA) is 35.2 Å². The van der Waals surface area contributed by atoms with E-state index in [0.29, 0.717) is 6.61 Å². The van der Waals surface area contributed by atoms with Crippen LogP contribution in [0.4, 0.5) is 14.5 Å². The highest BCUT2D eigenvalue weighted by atomic mass is 19.1. The maximum Gasteiger partial charge on any atom is 0.167 e.